The highest BCUT2D eigenvalue weighted by atomic mass is 32.2. The van der Waals surface area contributed by atoms with E-state index in [2.05, 4.69) is 0 Å². The molecule has 0 spiro atoms. The summed E-state index contributed by atoms with van der Waals surface area (Å²) in [5.41, 5.74) is 0. The summed E-state index contributed by atoms with van der Waals surface area (Å²) in [6, 6.07) is 2.12. The van der Waals surface area contributed by atoms with Crippen LogP contribution >= 0.6 is 0 Å². The number of ether oxygens (including phenoxy) is 1. The highest BCUT2D eigenvalue weighted by Gasteiger charge is 2.35. The molecule has 3 rings (SSSR count). The predicted molar refractivity (Wildman–Crippen MR) is 87.4 cm³/mol. The number of carbonyl (C=O) groups excluding carboxylic acids is 1. The van der Waals surface area contributed by atoms with Crippen LogP contribution in [0.15, 0.2) is 21.6 Å². The van der Waals surface area contributed by atoms with Crippen LogP contribution in [-0.4, -0.2) is 82.8 Å². The SMILES string of the molecule is CN(C(=O)c1ccc(S(=O)(=O)N2CCOCC2)o1)C1CCS(=O)(=O)C1. The van der Waals surface area contributed by atoms with Crippen molar-refractivity contribution in [3.8, 4) is 0 Å². The van der Waals surface area contributed by atoms with Gasteiger partial charge in [-0.05, 0) is 18.6 Å². The van der Waals surface area contributed by atoms with Crippen LogP contribution in [0.5, 0.6) is 0 Å². The lowest BCUT2D eigenvalue weighted by molar-refractivity contribution is 0.0696. The molecule has 25 heavy (non-hydrogen) atoms. The van der Waals surface area contributed by atoms with Gasteiger partial charge in [0.2, 0.25) is 5.09 Å². The summed E-state index contributed by atoms with van der Waals surface area (Å²) in [6.45, 7) is 1.08. The number of rotatable bonds is 4. The summed E-state index contributed by atoms with van der Waals surface area (Å²) in [5.74, 6) is -0.705. The molecule has 0 bridgehead atoms. The lowest BCUT2D eigenvalue weighted by Crippen LogP contribution is -2.40. The number of sulfonamides is 1. The third kappa shape index (κ3) is 3.73. The summed E-state index contributed by atoms with van der Waals surface area (Å²) < 4.78 is 59.8. The normalized spacial score (nSPS) is 24.3. The van der Waals surface area contributed by atoms with Gasteiger partial charge in [0.05, 0.1) is 24.7 Å². The van der Waals surface area contributed by atoms with Crippen LogP contribution < -0.4 is 0 Å². The van der Waals surface area contributed by atoms with E-state index in [1.807, 2.05) is 0 Å². The van der Waals surface area contributed by atoms with E-state index in [0.29, 0.717) is 19.6 Å². The molecule has 9 nitrogen and oxygen atoms in total. The molecule has 2 aliphatic rings. The lowest BCUT2D eigenvalue weighted by atomic mass is 10.2. The van der Waals surface area contributed by atoms with Gasteiger partial charge in [0.1, 0.15) is 0 Å². The second kappa shape index (κ2) is 6.71. The molecule has 0 aliphatic carbocycles. The maximum atomic E-state index is 12.5. The largest absolute Gasteiger partial charge is 0.438 e. The van der Waals surface area contributed by atoms with Gasteiger partial charge >= 0.3 is 0 Å². The van der Waals surface area contributed by atoms with Gasteiger partial charge in [-0.1, -0.05) is 0 Å². The summed E-state index contributed by atoms with van der Waals surface area (Å²) in [5, 5.41) is -0.301. The van der Waals surface area contributed by atoms with Gasteiger partial charge in [-0.3, -0.25) is 4.79 Å². The number of amides is 1. The maximum Gasteiger partial charge on any atom is 0.289 e. The number of morpholine rings is 1. The first-order chi connectivity index (χ1) is 11.7. The molecule has 140 valence electrons. The van der Waals surface area contributed by atoms with Gasteiger partial charge in [0, 0.05) is 26.2 Å². The van der Waals surface area contributed by atoms with Crippen LogP contribution in [0, 0.1) is 0 Å². The Kier molecular flexibility index (Phi) is 4.93. The van der Waals surface area contributed by atoms with Crippen molar-refractivity contribution in [2.75, 3.05) is 44.9 Å². The minimum absolute atomic E-state index is 0.0457. The number of hydrogen-bond donors (Lipinski definition) is 0. The highest BCUT2D eigenvalue weighted by molar-refractivity contribution is 7.91. The molecular weight excluding hydrogens is 372 g/mol. The minimum Gasteiger partial charge on any atom is -0.438 e. The monoisotopic (exact) mass is 392 g/mol. The standard InChI is InChI=1S/C14H20N2O7S2/c1-15(11-4-9-24(18,19)10-11)14(17)12-2-3-13(23-12)25(20,21)16-5-7-22-8-6-16/h2-3,11H,4-10H2,1H3. The second-order valence-electron chi connectivity index (χ2n) is 6.11. The van der Waals surface area contributed by atoms with Gasteiger partial charge in [-0.2, -0.15) is 4.31 Å². The zero-order valence-corrected chi connectivity index (χ0v) is 15.4. The predicted octanol–water partition coefficient (Wildman–Crippen LogP) is -0.440. The molecule has 0 aromatic carbocycles. The van der Waals surface area contributed by atoms with Gasteiger partial charge in [0.15, 0.2) is 15.6 Å². The van der Waals surface area contributed by atoms with Crippen LogP contribution in [0.4, 0.5) is 0 Å². The third-order valence-electron chi connectivity index (χ3n) is 4.43. The summed E-state index contributed by atoms with van der Waals surface area (Å²) >= 11 is 0. The number of hydrogen-bond acceptors (Lipinski definition) is 7. The summed E-state index contributed by atoms with van der Waals surface area (Å²) in [4.78, 5) is 13.8. The number of furan rings is 1. The van der Waals surface area contributed by atoms with Crippen molar-refractivity contribution in [2.24, 2.45) is 0 Å². The molecule has 2 fully saturated rings. The zero-order valence-electron chi connectivity index (χ0n) is 13.8. The van der Waals surface area contributed by atoms with Crippen molar-refractivity contribution in [3.63, 3.8) is 0 Å². The quantitative estimate of drug-likeness (QED) is 0.682. The van der Waals surface area contributed by atoms with E-state index < -0.39 is 31.8 Å². The summed E-state index contributed by atoms with van der Waals surface area (Å²) in [6.07, 6.45) is 0.365. The Hall–Kier alpha value is -1.43. The molecule has 0 radical (unpaired) electrons. The molecule has 0 N–H and O–H groups in total. The van der Waals surface area contributed by atoms with Crippen molar-refractivity contribution in [1.82, 2.24) is 9.21 Å². The van der Waals surface area contributed by atoms with Crippen LogP contribution in [0.25, 0.3) is 0 Å². The molecule has 1 atom stereocenters. The number of sulfone groups is 1. The van der Waals surface area contributed by atoms with Crippen LogP contribution in [0.1, 0.15) is 17.0 Å². The Morgan fingerprint density at radius 3 is 2.56 bits per heavy atom. The third-order valence-corrected chi connectivity index (χ3v) is 7.96. The lowest BCUT2D eigenvalue weighted by Gasteiger charge is -2.25. The van der Waals surface area contributed by atoms with E-state index in [1.165, 1.54) is 28.4 Å². The van der Waals surface area contributed by atoms with Crippen molar-refractivity contribution in [1.29, 1.82) is 0 Å². The molecule has 2 aliphatic heterocycles. The minimum atomic E-state index is -3.82. The average Bonchev–Trinajstić information content (AvgIpc) is 3.21. The Labute approximate surface area is 146 Å². The molecule has 1 unspecified atom stereocenters. The van der Waals surface area contributed by atoms with Gasteiger partial charge in [0.25, 0.3) is 15.9 Å². The molecule has 1 aromatic rings. The van der Waals surface area contributed by atoms with E-state index in [9.17, 15) is 21.6 Å². The Balaban J connectivity index is 1.75. The molecule has 2 saturated heterocycles. The van der Waals surface area contributed by atoms with Gasteiger partial charge in [-0.15, -0.1) is 0 Å². The van der Waals surface area contributed by atoms with E-state index in [0.717, 1.165) is 0 Å². The Morgan fingerprint density at radius 2 is 1.96 bits per heavy atom. The van der Waals surface area contributed by atoms with Crippen LogP contribution in [0.2, 0.25) is 0 Å². The van der Waals surface area contributed by atoms with Crippen molar-refractivity contribution in [3.05, 3.63) is 17.9 Å². The smallest absolute Gasteiger partial charge is 0.289 e. The maximum absolute atomic E-state index is 12.5. The average molecular weight is 392 g/mol. The van der Waals surface area contributed by atoms with E-state index in [4.69, 9.17) is 9.15 Å². The molecule has 1 aromatic heterocycles. The Bertz CT molecular complexity index is 853. The fourth-order valence-corrected chi connectivity index (χ4v) is 6.00. The van der Waals surface area contributed by atoms with Gasteiger partial charge in [-0.25, -0.2) is 16.8 Å². The molecule has 11 heteroatoms. The van der Waals surface area contributed by atoms with Crippen molar-refractivity contribution >= 4 is 25.8 Å². The second-order valence-corrected chi connectivity index (χ2v) is 10.2. The fraction of sp³-hybridized carbons (Fsp3) is 0.643. The number of nitrogens with zero attached hydrogens (tertiary/aromatic N) is 2. The van der Waals surface area contributed by atoms with Crippen molar-refractivity contribution in [2.45, 2.75) is 17.6 Å². The van der Waals surface area contributed by atoms with E-state index in [-0.39, 0.29) is 35.4 Å². The first kappa shape index (κ1) is 18.4. The van der Waals surface area contributed by atoms with Gasteiger partial charge < -0.3 is 14.1 Å². The molecular formula is C14H20N2O7S2. The molecule has 1 amide bonds. The summed E-state index contributed by atoms with van der Waals surface area (Å²) in [7, 11) is -5.45. The molecule has 0 saturated carbocycles. The Morgan fingerprint density at radius 1 is 1.28 bits per heavy atom. The first-order valence-electron chi connectivity index (χ1n) is 7.86. The highest BCUT2D eigenvalue weighted by Crippen LogP contribution is 2.23. The van der Waals surface area contributed by atoms with E-state index in [1.54, 1.807) is 0 Å². The van der Waals surface area contributed by atoms with E-state index >= 15 is 0 Å². The van der Waals surface area contributed by atoms with Crippen LogP contribution in [-0.2, 0) is 24.6 Å². The topological polar surface area (TPSA) is 114 Å². The fourth-order valence-electron chi connectivity index (χ4n) is 2.91. The molecule has 3 heterocycles. The van der Waals surface area contributed by atoms with Crippen LogP contribution in [0.3, 0.4) is 0 Å². The zero-order chi connectivity index (χ0) is 18.2. The number of carbonyl (C=O) groups is 1. The first-order valence-corrected chi connectivity index (χ1v) is 11.1. The van der Waals surface area contributed by atoms with Crippen molar-refractivity contribution < 1.29 is 30.8 Å².